The third-order valence-corrected chi connectivity index (χ3v) is 9.68. The number of carboxylic acid groups (broad SMARTS) is 2. The van der Waals surface area contributed by atoms with Crippen LogP contribution < -0.4 is 0 Å². The molecule has 0 amide bonds. The molecule has 0 radical (unpaired) electrons. The molecule has 2 heterocycles. The van der Waals surface area contributed by atoms with Crippen LogP contribution in [0.2, 0.25) is 0 Å². The molecule has 4 aliphatic carbocycles. The average Bonchev–Trinajstić information content (AvgIpc) is 3.75. The Morgan fingerprint density at radius 2 is 1.07 bits per heavy atom. The highest BCUT2D eigenvalue weighted by atomic mass is 16.6. The van der Waals surface area contributed by atoms with Crippen LogP contribution in [0, 0.1) is 59.2 Å². The fraction of sp³-hybridized carbons (Fsp3) is 0.571. The molecule has 0 spiro atoms. The molecule has 6 rings (SSSR count). The van der Waals surface area contributed by atoms with Gasteiger partial charge in [-0.2, -0.15) is 0 Å². The number of aliphatic carboxylic acids is 2. The topological polar surface area (TPSA) is 205 Å². The Bertz CT molecular complexity index is 1240. The first kappa shape index (κ1) is 27.0. The molecule has 2 N–H and O–H groups in total. The molecule has 6 aliphatic rings. The summed E-state index contributed by atoms with van der Waals surface area (Å²) in [6.45, 7) is -0.654. The number of Topliss-reactive ketones (excluding diaryl/α,β-unsaturated/α-hetero) is 2. The van der Waals surface area contributed by atoms with E-state index in [2.05, 4.69) is 0 Å². The van der Waals surface area contributed by atoms with Gasteiger partial charge in [0, 0.05) is 0 Å². The first-order valence-electron chi connectivity index (χ1n) is 13.5. The number of rotatable bonds is 8. The first-order chi connectivity index (χ1) is 19.5. The van der Waals surface area contributed by atoms with E-state index in [1.54, 1.807) is 12.2 Å². The highest BCUT2D eigenvalue weighted by Gasteiger charge is 2.59. The van der Waals surface area contributed by atoms with Gasteiger partial charge in [0.1, 0.15) is 11.8 Å². The standard InChI is InChI=1S/C28H26O13/c29-17-7-39-25(35)15(17)3-9-1-11-5-13(9)21(23(31)32)19(11)27(37)41-28(38)20-12-2-10(14(6-12)22(20)24(33)34)4-16-18(30)8-40-26(16)36/h1-2,11-16,19-22H,3-8H2,(H,31,32)(H,33,34). The molecule has 0 aromatic carbocycles. The second-order valence-electron chi connectivity index (χ2n) is 11.7. The first-order valence-corrected chi connectivity index (χ1v) is 13.5. The predicted octanol–water partition coefficient (Wildman–Crippen LogP) is 0.107. The highest BCUT2D eigenvalue weighted by molar-refractivity contribution is 6.05. The molecule has 4 fully saturated rings. The minimum Gasteiger partial charge on any atom is -0.481 e. The summed E-state index contributed by atoms with van der Waals surface area (Å²) in [5.74, 6) is -16.1. The molecule has 0 aromatic heterocycles. The maximum absolute atomic E-state index is 13.2. The molecule has 2 saturated heterocycles. The third kappa shape index (κ3) is 4.29. The van der Waals surface area contributed by atoms with Crippen LogP contribution in [-0.2, 0) is 52.6 Å². The smallest absolute Gasteiger partial charge is 0.318 e. The zero-order valence-corrected chi connectivity index (χ0v) is 21.6. The number of ether oxygens (including phenoxy) is 3. The van der Waals surface area contributed by atoms with Crippen molar-refractivity contribution in [2.45, 2.75) is 25.7 Å². The summed E-state index contributed by atoms with van der Waals surface area (Å²) < 4.78 is 14.7. The average molecular weight is 571 g/mol. The lowest BCUT2D eigenvalue weighted by Gasteiger charge is -2.29. The van der Waals surface area contributed by atoms with Crippen molar-refractivity contribution in [1.82, 2.24) is 0 Å². The number of carboxylic acids is 2. The highest BCUT2D eigenvalue weighted by Crippen LogP contribution is 2.56. The van der Waals surface area contributed by atoms with Gasteiger partial charge in [0.25, 0.3) is 0 Å². The van der Waals surface area contributed by atoms with Crippen molar-refractivity contribution in [3.05, 3.63) is 23.3 Å². The summed E-state index contributed by atoms with van der Waals surface area (Å²) in [7, 11) is 0. The van der Waals surface area contributed by atoms with Gasteiger partial charge in [0.15, 0.2) is 24.8 Å². The molecule has 4 bridgehead atoms. The number of ketones is 2. The Labute approximate surface area is 231 Å². The summed E-state index contributed by atoms with van der Waals surface area (Å²) in [6.07, 6.45) is 3.90. The van der Waals surface area contributed by atoms with Gasteiger partial charge in [-0.05, 0) is 49.4 Å². The normalized spacial score (nSPS) is 38.5. The van der Waals surface area contributed by atoms with Gasteiger partial charge >= 0.3 is 35.8 Å². The predicted molar refractivity (Wildman–Crippen MR) is 128 cm³/mol. The van der Waals surface area contributed by atoms with E-state index >= 15 is 0 Å². The van der Waals surface area contributed by atoms with E-state index in [-0.39, 0.29) is 38.9 Å². The minimum absolute atomic E-state index is 0.00753. The van der Waals surface area contributed by atoms with E-state index in [1.807, 2.05) is 0 Å². The third-order valence-electron chi connectivity index (χ3n) is 9.68. The van der Waals surface area contributed by atoms with Gasteiger partial charge in [-0.15, -0.1) is 0 Å². The van der Waals surface area contributed by atoms with Crippen molar-refractivity contribution in [3.63, 3.8) is 0 Å². The Balaban J connectivity index is 1.16. The molecular weight excluding hydrogens is 544 g/mol. The quantitative estimate of drug-likeness (QED) is 0.172. The van der Waals surface area contributed by atoms with E-state index in [0.29, 0.717) is 11.1 Å². The van der Waals surface area contributed by atoms with Gasteiger partial charge < -0.3 is 24.4 Å². The van der Waals surface area contributed by atoms with Crippen LogP contribution in [0.15, 0.2) is 23.3 Å². The zero-order chi connectivity index (χ0) is 29.3. The molecule has 13 nitrogen and oxygen atoms in total. The summed E-state index contributed by atoms with van der Waals surface area (Å²) in [5, 5.41) is 19.9. The number of esters is 4. The number of carbonyl (C=O) groups is 8. The van der Waals surface area contributed by atoms with Crippen LogP contribution in [-0.4, -0.2) is 70.8 Å². The number of carbonyl (C=O) groups excluding carboxylic acids is 6. The molecule has 10 atom stereocenters. The SMILES string of the molecule is O=C1COC(=O)C1CC1=CC2CC1C(C(=O)O)C2C(=O)OC(=O)C1C2C=C(CC3C(=O)COC3=O)C(C2)C1C(=O)O. The van der Waals surface area contributed by atoms with Crippen molar-refractivity contribution in [2.75, 3.05) is 13.2 Å². The number of allylic oxidation sites excluding steroid dienone is 4. The van der Waals surface area contributed by atoms with Crippen LogP contribution in [0.5, 0.6) is 0 Å². The summed E-state index contributed by atoms with van der Waals surface area (Å²) in [4.78, 5) is 98.6. The molecular formula is C28H26O13. The Morgan fingerprint density at radius 1 is 0.683 bits per heavy atom. The van der Waals surface area contributed by atoms with Crippen molar-refractivity contribution in [1.29, 1.82) is 0 Å². The molecule has 216 valence electrons. The van der Waals surface area contributed by atoms with E-state index in [4.69, 9.17) is 14.2 Å². The lowest BCUT2D eigenvalue weighted by Crippen LogP contribution is -2.40. The lowest BCUT2D eigenvalue weighted by atomic mass is 9.76. The second kappa shape index (κ2) is 9.74. The zero-order valence-electron chi connectivity index (χ0n) is 21.6. The lowest BCUT2D eigenvalue weighted by molar-refractivity contribution is -0.173. The Hall–Kier alpha value is -4.16. The van der Waals surface area contributed by atoms with Crippen molar-refractivity contribution >= 4 is 47.4 Å². The van der Waals surface area contributed by atoms with Crippen LogP contribution in [0.25, 0.3) is 0 Å². The van der Waals surface area contributed by atoms with Gasteiger partial charge in [0.2, 0.25) is 0 Å². The van der Waals surface area contributed by atoms with Crippen molar-refractivity contribution < 1.29 is 62.8 Å². The number of cyclic esters (lactones) is 2. The maximum Gasteiger partial charge on any atom is 0.318 e. The van der Waals surface area contributed by atoms with E-state index in [1.165, 1.54) is 0 Å². The molecule has 10 unspecified atom stereocenters. The summed E-state index contributed by atoms with van der Waals surface area (Å²) in [5.41, 5.74) is 1.16. The fourth-order valence-corrected chi connectivity index (χ4v) is 7.89. The van der Waals surface area contributed by atoms with Crippen molar-refractivity contribution in [3.8, 4) is 0 Å². The van der Waals surface area contributed by atoms with Gasteiger partial charge in [-0.3, -0.25) is 38.4 Å². The van der Waals surface area contributed by atoms with Gasteiger partial charge in [-0.25, -0.2) is 0 Å². The molecule has 2 saturated carbocycles. The number of fused-ring (bicyclic) bond motifs is 4. The maximum atomic E-state index is 13.2. The largest absolute Gasteiger partial charge is 0.481 e. The van der Waals surface area contributed by atoms with Crippen LogP contribution in [0.4, 0.5) is 0 Å². The Morgan fingerprint density at radius 3 is 1.39 bits per heavy atom. The molecule has 41 heavy (non-hydrogen) atoms. The second-order valence-corrected chi connectivity index (χ2v) is 11.7. The van der Waals surface area contributed by atoms with Crippen LogP contribution >= 0.6 is 0 Å². The summed E-state index contributed by atoms with van der Waals surface area (Å²) in [6, 6.07) is 0. The van der Waals surface area contributed by atoms with Crippen LogP contribution in [0.3, 0.4) is 0 Å². The number of hydrogen-bond acceptors (Lipinski definition) is 11. The fourth-order valence-electron chi connectivity index (χ4n) is 7.89. The molecule has 2 aliphatic heterocycles. The van der Waals surface area contributed by atoms with Gasteiger partial charge in [-0.1, -0.05) is 23.3 Å². The molecule has 13 heteroatoms. The van der Waals surface area contributed by atoms with E-state index < -0.39 is 107 Å². The number of hydrogen-bond donors (Lipinski definition) is 2. The van der Waals surface area contributed by atoms with Crippen LogP contribution in [0.1, 0.15) is 25.7 Å². The van der Waals surface area contributed by atoms with E-state index in [9.17, 15) is 48.6 Å². The minimum atomic E-state index is -1.28. The Kier molecular flexibility index (Phi) is 6.42. The monoisotopic (exact) mass is 570 g/mol. The van der Waals surface area contributed by atoms with E-state index in [0.717, 1.165) is 0 Å². The molecule has 0 aromatic rings. The summed E-state index contributed by atoms with van der Waals surface area (Å²) >= 11 is 0. The van der Waals surface area contributed by atoms with Crippen molar-refractivity contribution in [2.24, 2.45) is 59.2 Å². The van der Waals surface area contributed by atoms with Gasteiger partial charge in [0.05, 0.1) is 23.7 Å².